The summed E-state index contributed by atoms with van der Waals surface area (Å²) in [5, 5.41) is 11.1. The molecule has 1 amide bonds. The van der Waals surface area contributed by atoms with Crippen molar-refractivity contribution in [3.63, 3.8) is 0 Å². The van der Waals surface area contributed by atoms with Crippen molar-refractivity contribution in [2.24, 2.45) is 0 Å². The van der Waals surface area contributed by atoms with Crippen LogP contribution in [0.5, 0.6) is 5.75 Å². The van der Waals surface area contributed by atoms with Crippen molar-refractivity contribution in [1.82, 2.24) is 10.2 Å². The predicted molar refractivity (Wildman–Crippen MR) is 158 cm³/mol. The molecule has 0 atom stereocenters. The molecule has 38 heavy (non-hydrogen) atoms. The highest BCUT2D eigenvalue weighted by Crippen LogP contribution is 2.37. The van der Waals surface area contributed by atoms with E-state index in [0.717, 1.165) is 56.1 Å². The fraction of sp³-hybridized carbons (Fsp3) is 0.433. The third kappa shape index (κ3) is 6.60. The standard InChI is InChI=1S/C30H38N4O3S/c1-5-23-24-8-6-9-26(33-22-13-16-34(17-14-22)18-19-36-3)29(24)38-28(23)10-7-15-32-25-12-11-21(30(35)31-2)20-27(25)37-4/h6,8-9,11-12,20,22,32-33H,5,13-19H2,1-4H3,(H,31,35). The average Bonchev–Trinajstić information content (AvgIpc) is 3.32. The van der Waals surface area contributed by atoms with Crippen LogP contribution in [0.3, 0.4) is 0 Å². The minimum absolute atomic E-state index is 0.145. The molecule has 0 spiro atoms. The number of amides is 1. The molecule has 0 aliphatic carbocycles. The number of carbonyl (C=O) groups excluding carboxylic acids is 1. The normalized spacial score (nSPS) is 14.1. The average molecular weight is 535 g/mol. The van der Waals surface area contributed by atoms with Gasteiger partial charge in [-0.2, -0.15) is 0 Å². The number of hydrogen-bond donors (Lipinski definition) is 3. The summed E-state index contributed by atoms with van der Waals surface area (Å²) in [4.78, 5) is 15.5. The summed E-state index contributed by atoms with van der Waals surface area (Å²) in [5.74, 6) is 7.17. The zero-order valence-electron chi connectivity index (χ0n) is 22.8. The zero-order chi connectivity index (χ0) is 26.9. The van der Waals surface area contributed by atoms with E-state index in [1.54, 1.807) is 44.7 Å². The molecule has 0 bridgehead atoms. The van der Waals surface area contributed by atoms with Crippen molar-refractivity contribution < 1.29 is 14.3 Å². The second-order valence-electron chi connectivity index (χ2n) is 9.35. The third-order valence-electron chi connectivity index (χ3n) is 6.99. The van der Waals surface area contributed by atoms with Crippen LogP contribution < -0.4 is 20.7 Å². The van der Waals surface area contributed by atoms with E-state index in [1.165, 1.54) is 21.3 Å². The Labute approximate surface area is 229 Å². The van der Waals surface area contributed by atoms with Gasteiger partial charge in [-0.05, 0) is 54.5 Å². The lowest BCUT2D eigenvalue weighted by Gasteiger charge is -2.32. The minimum Gasteiger partial charge on any atom is -0.495 e. The van der Waals surface area contributed by atoms with Crippen LogP contribution in [0.4, 0.5) is 11.4 Å². The first-order chi connectivity index (χ1) is 18.6. The van der Waals surface area contributed by atoms with Crippen LogP contribution in [-0.4, -0.2) is 70.9 Å². The molecule has 3 N–H and O–H groups in total. The maximum absolute atomic E-state index is 11.9. The van der Waals surface area contributed by atoms with Crippen molar-refractivity contribution in [2.45, 2.75) is 32.2 Å². The smallest absolute Gasteiger partial charge is 0.251 e. The Morgan fingerprint density at radius 1 is 1.16 bits per heavy atom. The SMILES string of the molecule is CCc1c(C#CCNc2ccc(C(=O)NC)cc2OC)sc2c(NC3CCN(CCOC)CC3)cccc12. The molecule has 0 saturated carbocycles. The van der Waals surface area contributed by atoms with Crippen LogP contribution in [-0.2, 0) is 11.2 Å². The number of benzene rings is 2. The maximum atomic E-state index is 11.9. The van der Waals surface area contributed by atoms with E-state index in [4.69, 9.17) is 9.47 Å². The minimum atomic E-state index is -0.145. The second-order valence-corrected chi connectivity index (χ2v) is 10.4. The summed E-state index contributed by atoms with van der Waals surface area (Å²) in [6, 6.07) is 12.4. The lowest BCUT2D eigenvalue weighted by Crippen LogP contribution is -2.40. The summed E-state index contributed by atoms with van der Waals surface area (Å²) >= 11 is 1.78. The fourth-order valence-electron chi connectivity index (χ4n) is 4.86. The van der Waals surface area contributed by atoms with Gasteiger partial charge in [0.2, 0.25) is 0 Å². The predicted octanol–water partition coefficient (Wildman–Crippen LogP) is 4.82. The van der Waals surface area contributed by atoms with Gasteiger partial charge >= 0.3 is 0 Å². The first-order valence-corrected chi connectivity index (χ1v) is 14.0. The van der Waals surface area contributed by atoms with Gasteiger partial charge in [0, 0.05) is 45.4 Å². The molecule has 0 radical (unpaired) electrons. The Balaban J connectivity index is 1.45. The number of nitrogens with zero attached hydrogens (tertiary/aromatic N) is 1. The molecule has 4 rings (SSSR count). The summed E-state index contributed by atoms with van der Waals surface area (Å²) < 4.78 is 12.0. The van der Waals surface area contributed by atoms with Crippen LogP contribution in [0.25, 0.3) is 10.1 Å². The Bertz CT molecular complexity index is 1300. The summed E-state index contributed by atoms with van der Waals surface area (Å²) in [7, 11) is 4.98. The van der Waals surface area contributed by atoms with E-state index < -0.39 is 0 Å². The number of ether oxygens (including phenoxy) is 2. The Hall–Kier alpha value is -3.25. The van der Waals surface area contributed by atoms with E-state index in [2.05, 4.69) is 57.8 Å². The molecule has 1 aromatic heterocycles. The zero-order valence-corrected chi connectivity index (χ0v) is 23.6. The molecule has 1 aliphatic rings. The maximum Gasteiger partial charge on any atom is 0.251 e. The number of fused-ring (bicyclic) bond motifs is 1. The van der Waals surface area contributed by atoms with Gasteiger partial charge in [0.05, 0.1) is 41.2 Å². The molecule has 8 heteroatoms. The van der Waals surface area contributed by atoms with Crippen molar-refractivity contribution in [2.75, 3.05) is 64.7 Å². The van der Waals surface area contributed by atoms with Crippen LogP contribution in [0.15, 0.2) is 36.4 Å². The topological polar surface area (TPSA) is 74.9 Å². The number of aryl methyl sites for hydroxylation is 1. The molecule has 1 aliphatic heterocycles. The van der Waals surface area contributed by atoms with Crippen LogP contribution >= 0.6 is 11.3 Å². The van der Waals surface area contributed by atoms with Gasteiger partial charge in [0.15, 0.2) is 0 Å². The molecule has 1 fully saturated rings. The van der Waals surface area contributed by atoms with Gasteiger partial charge in [-0.1, -0.05) is 30.9 Å². The number of likely N-dealkylation sites (tertiary alicyclic amines) is 1. The Morgan fingerprint density at radius 2 is 1.97 bits per heavy atom. The largest absolute Gasteiger partial charge is 0.495 e. The van der Waals surface area contributed by atoms with Gasteiger partial charge in [0.1, 0.15) is 5.75 Å². The van der Waals surface area contributed by atoms with Crippen LogP contribution in [0, 0.1) is 11.8 Å². The van der Waals surface area contributed by atoms with Crippen molar-refractivity contribution in [1.29, 1.82) is 0 Å². The lowest BCUT2D eigenvalue weighted by molar-refractivity contribution is 0.0963. The van der Waals surface area contributed by atoms with E-state index in [0.29, 0.717) is 23.9 Å². The van der Waals surface area contributed by atoms with Crippen molar-refractivity contribution in [3.05, 3.63) is 52.4 Å². The quantitative estimate of drug-likeness (QED) is 0.324. The number of nitrogens with one attached hydrogen (secondary N) is 3. The number of hydrogen-bond acceptors (Lipinski definition) is 7. The monoisotopic (exact) mass is 534 g/mol. The lowest BCUT2D eigenvalue weighted by atomic mass is 10.0. The number of carbonyl (C=O) groups is 1. The first kappa shape index (κ1) is 27.8. The number of piperidine rings is 1. The first-order valence-electron chi connectivity index (χ1n) is 13.2. The van der Waals surface area contributed by atoms with E-state index >= 15 is 0 Å². The molecule has 1 saturated heterocycles. The highest BCUT2D eigenvalue weighted by atomic mass is 32.1. The van der Waals surface area contributed by atoms with Gasteiger partial charge < -0.3 is 30.3 Å². The molecule has 7 nitrogen and oxygen atoms in total. The second kappa shape index (κ2) is 13.5. The van der Waals surface area contributed by atoms with Crippen molar-refractivity contribution in [3.8, 4) is 17.6 Å². The van der Waals surface area contributed by atoms with E-state index in [9.17, 15) is 4.79 Å². The molecular weight excluding hydrogens is 496 g/mol. The highest BCUT2D eigenvalue weighted by Gasteiger charge is 2.20. The molecule has 2 aromatic carbocycles. The fourth-order valence-corrected chi connectivity index (χ4v) is 6.11. The van der Waals surface area contributed by atoms with E-state index in [-0.39, 0.29) is 5.91 Å². The van der Waals surface area contributed by atoms with Crippen LogP contribution in [0.2, 0.25) is 0 Å². The van der Waals surface area contributed by atoms with Crippen LogP contribution in [0.1, 0.15) is 40.6 Å². The van der Waals surface area contributed by atoms with Gasteiger partial charge in [-0.15, -0.1) is 11.3 Å². The number of thiophene rings is 1. The molecule has 0 unspecified atom stereocenters. The van der Waals surface area contributed by atoms with Gasteiger partial charge in [-0.3, -0.25) is 4.79 Å². The highest BCUT2D eigenvalue weighted by molar-refractivity contribution is 7.20. The summed E-state index contributed by atoms with van der Waals surface area (Å²) in [6.45, 7) is 6.67. The number of rotatable bonds is 10. The molecule has 3 aromatic rings. The number of anilines is 2. The molecule has 202 valence electrons. The molecule has 2 heterocycles. The molecular formula is C30H38N4O3S. The summed E-state index contributed by atoms with van der Waals surface area (Å²) in [5.41, 5.74) is 3.88. The Kier molecular flexibility index (Phi) is 9.88. The number of methoxy groups -OCH3 is 2. The third-order valence-corrected chi connectivity index (χ3v) is 8.19. The Morgan fingerprint density at radius 3 is 2.68 bits per heavy atom. The van der Waals surface area contributed by atoms with E-state index in [1.807, 2.05) is 6.07 Å². The van der Waals surface area contributed by atoms with Gasteiger partial charge in [0.25, 0.3) is 5.91 Å². The summed E-state index contributed by atoms with van der Waals surface area (Å²) in [6.07, 6.45) is 3.21. The van der Waals surface area contributed by atoms with Crippen molar-refractivity contribution >= 4 is 38.7 Å². The van der Waals surface area contributed by atoms with Gasteiger partial charge in [-0.25, -0.2) is 0 Å².